The highest BCUT2D eigenvalue weighted by Gasteiger charge is 2.33. The van der Waals surface area contributed by atoms with E-state index in [-0.39, 0.29) is 6.61 Å². The smallest absolute Gasteiger partial charge is 0.130 e. The molecule has 0 spiro atoms. The van der Waals surface area contributed by atoms with Crippen molar-refractivity contribution in [2.24, 2.45) is 0 Å². The molecule has 1 aliphatic heterocycles. The molecule has 3 rings (SSSR count). The topological polar surface area (TPSA) is 54.4 Å². The van der Waals surface area contributed by atoms with Gasteiger partial charge < -0.3 is 19.3 Å². The molecule has 0 radical (unpaired) electrons. The molecule has 6 nitrogen and oxygen atoms in total. The molecule has 0 aromatic heterocycles. The minimum Gasteiger partial charge on any atom is -0.496 e. The van der Waals surface area contributed by atoms with Crippen LogP contribution in [0.4, 0.5) is 0 Å². The molecule has 2 fully saturated rings. The third-order valence-electron chi connectivity index (χ3n) is 6.32. The standard InChI is InChI=1S/C22H36N2O4/c1-26-19-13-21(27-2)20(22(14-19)28-3)16-23-10-11-24(18(15-23)9-12-25)17-7-5-4-6-8-17/h13-14,17-18,25H,4-12,15-16H2,1-3H3. The second-order valence-electron chi connectivity index (χ2n) is 7.94. The summed E-state index contributed by atoms with van der Waals surface area (Å²) in [6, 6.07) is 4.94. The van der Waals surface area contributed by atoms with E-state index in [0.29, 0.717) is 12.1 Å². The molecule has 1 aromatic carbocycles. The predicted octanol–water partition coefficient (Wildman–Crippen LogP) is 2.91. The summed E-state index contributed by atoms with van der Waals surface area (Å²) in [5.41, 5.74) is 1.06. The van der Waals surface area contributed by atoms with Gasteiger partial charge in [0.25, 0.3) is 0 Å². The van der Waals surface area contributed by atoms with E-state index in [9.17, 15) is 5.11 Å². The quantitative estimate of drug-likeness (QED) is 0.734. The van der Waals surface area contributed by atoms with E-state index in [0.717, 1.165) is 55.4 Å². The molecule has 1 aliphatic carbocycles. The van der Waals surface area contributed by atoms with Crippen molar-refractivity contribution in [3.05, 3.63) is 17.7 Å². The van der Waals surface area contributed by atoms with Gasteiger partial charge in [-0.25, -0.2) is 0 Å². The van der Waals surface area contributed by atoms with Gasteiger partial charge in [0.15, 0.2) is 0 Å². The molecular weight excluding hydrogens is 356 g/mol. The van der Waals surface area contributed by atoms with Crippen LogP contribution in [-0.4, -0.2) is 74.6 Å². The summed E-state index contributed by atoms with van der Waals surface area (Å²) >= 11 is 0. The lowest BCUT2D eigenvalue weighted by Gasteiger charge is -2.46. The first-order valence-electron chi connectivity index (χ1n) is 10.6. The summed E-state index contributed by atoms with van der Waals surface area (Å²) < 4.78 is 16.6. The number of aliphatic hydroxyl groups excluding tert-OH is 1. The van der Waals surface area contributed by atoms with E-state index in [4.69, 9.17) is 14.2 Å². The van der Waals surface area contributed by atoms with Crippen molar-refractivity contribution in [2.75, 3.05) is 47.6 Å². The largest absolute Gasteiger partial charge is 0.496 e. The molecule has 1 aromatic rings. The number of methoxy groups -OCH3 is 3. The van der Waals surface area contributed by atoms with Gasteiger partial charge in [-0.05, 0) is 19.3 Å². The molecule has 1 heterocycles. The van der Waals surface area contributed by atoms with Crippen LogP contribution >= 0.6 is 0 Å². The van der Waals surface area contributed by atoms with Gasteiger partial charge in [0.1, 0.15) is 17.2 Å². The van der Waals surface area contributed by atoms with Crippen LogP contribution < -0.4 is 14.2 Å². The lowest BCUT2D eigenvalue weighted by molar-refractivity contribution is 0.0132. The normalized spacial score (nSPS) is 22.2. The lowest BCUT2D eigenvalue weighted by Crippen LogP contribution is -2.56. The molecule has 1 atom stereocenters. The van der Waals surface area contributed by atoms with Crippen LogP contribution in [0.25, 0.3) is 0 Å². The van der Waals surface area contributed by atoms with Gasteiger partial charge in [0.05, 0.1) is 26.9 Å². The van der Waals surface area contributed by atoms with E-state index in [1.807, 2.05) is 12.1 Å². The van der Waals surface area contributed by atoms with Crippen LogP contribution in [0.3, 0.4) is 0 Å². The Morgan fingerprint density at radius 1 is 0.964 bits per heavy atom. The summed E-state index contributed by atoms with van der Waals surface area (Å²) in [6.45, 7) is 4.08. The van der Waals surface area contributed by atoms with Crippen LogP contribution in [-0.2, 0) is 6.54 Å². The van der Waals surface area contributed by atoms with E-state index < -0.39 is 0 Å². The van der Waals surface area contributed by atoms with Crippen LogP contribution in [0.15, 0.2) is 12.1 Å². The fourth-order valence-corrected chi connectivity index (χ4v) is 4.83. The Labute approximate surface area is 169 Å². The van der Waals surface area contributed by atoms with Gasteiger partial charge in [0.2, 0.25) is 0 Å². The molecule has 6 heteroatoms. The summed E-state index contributed by atoms with van der Waals surface area (Å²) in [4.78, 5) is 5.14. The fourth-order valence-electron chi connectivity index (χ4n) is 4.83. The van der Waals surface area contributed by atoms with Gasteiger partial charge in [-0.3, -0.25) is 9.80 Å². The number of rotatable bonds is 8. The Kier molecular flexibility index (Phi) is 7.82. The van der Waals surface area contributed by atoms with Crippen LogP contribution in [0, 0.1) is 0 Å². The highest BCUT2D eigenvalue weighted by Crippen LogP contribution is 2.36. The summed E-state index contributed by atoms with van der Waals surface area (Å²) in [5.74, 6) is 2.33. The molecule has 1 saturated carbocycles. The average Bonchev–Trinajstić information content (AvgIpc) is 2.74. The Morgan fingerprint density at radius 3 is 2.21 bits per heavy atom. The van der Waals surface area contributed by atoms with Gasteiger partial charge in [-0.2, -0.15) is 0 Å². The molecule has 1 N–H and O–H groups in total. The molecule has 1 unspecified atom stereocenters. The van der Waals surface area contributed by atoms with E-state index in [2.05, 4.69) is 9.80 Å². The summed E-state index contributed by atoms with van der Waals surface area (Å²) in [6.07, 6.45) is 7.51. The van der Waals surface area contributed by atoms with Crippen LogP contribution in [0.1, 0.15) is 44.1 Å². The van der Waals surface area contributed by atoms with E-state index in [1.165, 1.54) is 32.1 Å². The van der Waals surface area contributed by atoms with Crippen molar-refractivity contribution in [1.29, 1.82) is 0 Å². The van der Waals surface area contributed by atoms with Crippen molar-refractivity contribution in [3.63, 3.8) is 0 Å². The Bertz CT molecular complexity index is 594. The first kappa shape index (κ1) is 21.2. The van der Waals surface area contributed by atoms with Gasteiger partial charge in [0, 0.05) is 57.0 Å². The van der Waals surface area contributed by atoms with Crippen LogP contribution in [0.2, 0.25) is 0 Å². The maximum absolute atomic E-state index is 9.63. The first-order chi connectivity index (χ1) is 13.7. The molecule has 0 amide bonds. The minimum atomic E-state index is 0.247. The minimum absolute atomic E-state index is 0.247. The number of hydrogen-bond donors (Lipinski definition) is 1. The Hall–Kier alpha value is -1.50. The molecular formula is C22H36N2O4. The van der Waals surface area contributed by atoms with Gasteiger partial charge in [-0.1, -0.05) is 19.3 Å². The zero-order valence-electron chi connectivity index (χ0n) is 17.7. The lowest BCUT2D eigenvalue weighted by atomic mass is 9.91. The number of benzene rings is 1. The van der Waals surface area contributed by atoms with Crippen molar-refractivity contribution in [1.82, 2.24) is 9.80 Å². The SMILES string of the molecule is COc1cc(OC)c(CN2CCN(C3CCCCC3)C(CCO)C2)c(OC)c1. The third kappa shape index (κ3) is 4.91. The fraction of sp³-hybridized carbons (Fsp3) is 0.727. The van der Waals surface area contributed by atoms with E-state index >= 15 is 0 Å². The predicted molar refractivity (Wildman–Crippen MR) is 110 cm³/mol. The number of nitrogens with zero attached hydrogens (tertiary/aromatic N) is 2. The van der Waals surface area contributed by atoms with E-state index in [1.54, 1.807) is 21.3 Å². The highest BCUT2D eigenvalue weighted by molar-refractivity contribution is 5.50. The van der Waals surface area contributed by atoms with Crippen molar-refractivity contribution >= 4 is 0 Å². The van der Waals surface area contributed by atoms with Crippen molar-refractivity contribution in [2.45, 2.75) is 57.2 Å². The maximum Gasteiger partial charge on any atom is 0.130 e. The van der Waals surface area contributed by atoms with Gasteiger partial charge >= 0.3 is 0 Å². The third-order valence-corrected chi connectivity index (χ3v) is 6.32. The number of aliphatic hydroxyl groups is 1. The zero-order valence-corrected chi connectivity index (χ0v) is 17.7. The summed E-state index contributed by atoms with van der Waals surface area (Å²) in [5, 5.41) is 9.63. The highest BCUT2D eigenvalue weighted by atomic mass is 16.5. The number of hydrogen-bond acceptors (Lipinski definition) is 6. The van der Waals surface area contributed by atoms with Gasteiger partial charge in [-0.15, -0.1) is 0 Å². The molecule has 158 valence electrons. The van der Waals surface area contributed by atoms with Crippen LogP contribution in [0.5, 0.6) is 17.2 Å². The monoisotopic (exact) mass is 392 g/mol. The second-order valence-corrected chi connectivity index (χ2v) is 7.94. The van der Waals surface area contributed by atoms with Crippen molar-refractivity contribution < 1.29 is 19.3 Å². The molecule has 2 aliphatic rings. The zero-order chi connectivity index (χ0) is 19.9. The number of piperazine rings is 1. The Morgan fingerprint density at radius 2 is 1.64 bits per heavy atom. The maximum atomic E-state index is 9.63. The summed E-state index contributed by atoms with van der Waals surface area (Å²) in [7, 11) is 5.03. The Balaban J connectivity index is 1.73. The average molecular weight is 393 g/mol. The van der Waals surface area contributed by atoms with Crippen molar-refractivity contribution in [3.8, 4) is 17.2 Å². The molecule has 0 bridgehead atoms. The first-order valence-corrected chi connectivity index (χ1v) is 10.6. The number of ether oxygens (including phenoxy) is 3. The molecule has 28 heavy (non-hydrogen) atoms. The second kappa shape index (κ2) is 10.3. The molecule has 1 saturated heterocycles.